The molecule has 0 radical (unpaired) electrons. The number of rotatable bonds is 0. The Morgan fingerprint density at radius 2 is 2.62 bits per heavy atom. The van der Waals surface area contributed by atoms with Gasteiger partial charge in [-0.2, -0.15) is 5.11 Å². The average molecular weight is 125 g/mol. The third-order valence-corrected chi connectivity index (χ3v) is 1.81. The highest BCUT2D eigenvalue weighted by molar-refractivity contribution is 7.10. The molecule has 0 spiro atoms. The Balaban J connectivity index is 2.67. The molecule has 0 amide bonds. The second-order valence-electron chi connectivity index (χ2n) is 1.50. The Morgan fingerprint density at radius 3 is 3.50 bits per heavy atom. The SMILES string of the molecule is c1nc2c(s1)CN=N2. The standard InChI is InChI=1S/C4H3N3S/c1-3-4(7-6-1)5-2-8-3/h2H,1H2. The quantitative estimate of drug-likeness (QED) is 0.520. The minimum atomic E-state index is 0.736. The van der Waals surface area contributed by atoms with Gasteiger partial charge in [0, 0.05) is 0 Å². The highest BCUT2D eigenvalue weighted by atomic mass is 32.1. The van der Waals surface area contributed by atoms with Gasteiger partial charge in [-0.1, -0.05) is 0 Å². The average Bonchev–Trinajstić information content (AvgIpc) is 2.15. The molecule has 0 aliphatic carbocycles. The highest BCUT2D eigenvalue weighted by Crippen LogP contribution is 2.27. The van der Waals surface area contributed by atoms with E-state index in [2.05, 4.69) is 15.2 Å². The number of thiazole rings is 1. The van der Waals surface area contributed by atoms with Crippen molar-refractivity contribution in [2.24, 2.45) is 10.2 Å². The fourth-order valence-corrected chi connectivity index (χ4v) is 1.23. The van der Waals surface area contributed by atoms with E-state index in [4.69, 9.17) is 0 Å². The monoisotopic (exact) mass is 125 g/mol. The van der Waals surface area contributed by atoms with Crippen molar-refractivity contribution in [1.82, 2.24) is 4.98 Å². The van der Waals surface area contributed by atoms with Crippen LogP contribution in [-0.4, -0.2) is 4.98 Å². The molecule has 0 N–H and O–H groups in total. The van der Waals surface area contributed by atoms with Crippen LogP contribution >= 0.6 is 11.3 Å². The van der Waals surface area contributed by atoms with E-state index < -0.39 is 0 Å². The minimum Gasteiger partial charge on any atom is -0.224 e. The maximum absolute atomic E-state index is 3.95. The largest absolute Gasteiger partial charge is 0.224 e. The van der Waals surface area contributed by atoms with Crippen LogP contribution in [0, 0.1) is 0 Å². The first-order chi connectivity index (χ1) is 3.97. The van der Waals surface area contributed by atoms with Crippen LogP contribution in [0.15, 0.2) is 15.7 Å². The van der Waals surface area contributed by atoms with Crippen molar-refractivity contribution in [1.29, 1.82) is 0 Å². The van der Waals surface area contributed by atoms with Crippen molar-refractivity contribution in [2.75, 3.05) is 0 Å². The maximum atomic E-state index is 3.95. The van der Waals surface area contributed by atoms with Crippen molar-refractivity contribution in [2.45, 2.75) is 6.54 Å². The normalized spacial score (nSPS) is 14.5. The van der Waals surface area contributed by atoms with Crippen LogP contribution in [0.4, 0.5) is 5.82 Å². The summed E-state index contributed by atoms with van der Waals surface area (Å²) in [6.45, 7) is 0.736. The lowest BCUT2D eigenvalue weighted by molar-refractivity contribution is 1.05. The van der Waals surface area contributed by atoms with E-state index in [0.29, 0.717) is 0 Å². The Labute approximate surface area is 50.1 Å². The maximum Gasteiger partial charge on any atom is 0.190 e. The zero-order valence-electron chi connectivity index (χ0n) is 4.03. The number of hydrogen-bond donors (Lipinski definition) is 0. The molecule has 0 aromatic carbocycles. The molecule has 0 fully saturated rings. The van der Waals surface area contributed by atoms with E-state index in [1.807, 2.05) is 0 Å². The Morgan fingerprint density at radius 1 is 1.62 bits per heavy atom. The topological polar surface area (TPSA) is 37.6 Å². The summed E-state index contributed by atoms with van der Waals surface area (Å²) in [6.07, 6.45) is 0. The van der Waals surface area contributed by atoms with Gasteiger partial charge < -0.3 is 0 Å². The van der Waals surface area contributed by atoms with Crippen LogP contribution in [-0.2, 0) is 6.54 Å². The third-order valence-electron chi connectivity index (χ3n) is 0.999. The first-order valence-corrected chi connectivity index (χ1v) is 3.14. The van der Waals surface area contributed by atoms with Crippen LogP contribution in [0.2, 0.25) is 0 Å². The zero-order chi connectivity index (χ0) is 5.40. The smallest absolute Gasteiger partial charge is 0.190 e. The summed E-state index contributed by atoms with van der Waals surface area (Å²) < 4.78 is 0. The molecule has 40 valence electrons. The van der Waals surface area contributed by atoms with Gasteiger partial charge >= 0.3 is 0 Å². The molecule has 2 rings (SSSR count). The molecule has 0 atom stereocenters. The summed E-state index contributed by atoms with van der Waals surface area (Å²) in [7, 11) is 0. The summed E-state index contributed by atoms with van der Waals surface area (Å²) >= 11 is 1.61. The predicted octanol–water partition coefficient (Wildman–Crippen LogP) is 1.74. The van der Waals surface area contributed by atoms with Gasteiger partial charge in [0.25, 0.3) is 0 Å². The number of nitrogens with zero attached hydrogens (tertiary/aromatic N) is 3. The van der Waals surface area contributed by atoms with Gasteiger partial charge in [0.05, 0.1) is 16.9 Å². The van der Waals surface area contributed by atoms with E-state index in [9.17, 15) is 0 Å². The first kappa shape index (κ1) is 4.14. The molecular weight excluding hydrogens is 122 g/mol. The molecule has 1 aliphatic heterocycles. The lowest BCUT2D eigenvalue weighted by atomic mass is 10.5. The molecule has 0 unspecified atom stereocenters. The van der Waals surface area contributed by atoms with Gasteiger partial charge in [-0.15, -0.1) is 16.5 Å². The number of hydrogen-bond acceptors (Lipinski definition) is 4. The van der Waals surface area contributed by atoms with Gasteiger partial charge in [0.1, 0.15) is 0 Å². The summed E-state index contributed by atoms with van der Waals surface area (Å²) in [5, 5.41) is 7.57. The van der Waals surface area contributed by atoms with Crippen LogP contribution in [0.3, 0.4) is 0 Å². The van der Waals surface area contributed by atoms with E-state index in [0.717, 1.165) is 12.4 Å². The molecule has 8 heavy (non-hydrogen) atoms. The Hall–Kier alpha value is -0.770. The van der Waals surface area contributed by atoms with Gasteiger partial charge in [-0.05, 0) is 0 Å². The van der Waals surface area contributed by atoms with Crippen molar-refractivity contribution in [3.63, 3.8) is 0 Å². The molecule has 2 heterocycles. The van der Waals surface area contributed by atoms with Gasteiger partial charge in [0.2, 0.25) is 0 Å². The fourth-order valence-electron chi connectivity index (χ4n) is 0.621. The predicted molar refractivity (Wildman–Crippen MR) is 30.3 cm³/mol. The molecule has 3 nitrogen and oxygen atoms in total. The summed E-state index contributed by atoms with van der Waals surface area (Å²) in [6, 6.07) is 0. The minimum absolute atomic E-state index is 0.736. The van der Waals surface area contributed by atoms with Crippen molar-refractivity contribution in [3.8, 4) is 0 Å². The van der Waals surface area contributed by atoms with Crippen molar-refractivity contribution in [3.05, 3.63) is 10.4 Å². The summed E-state index contributed by atoms with van der Waals surface area (Å²) in [5.41, 5.74) is 1.79. The van der Waals surface area contributed by atoms with Gasteiger partial charge in [-0.25, -0.2) is 4.98 Å². The van der Waals surface area contributed by atoms with Crippen molar-refractivity contribution >= 4 is 17.2 Å². The van der Waals surface area contributed by atoms with Crippen LogP contribution in [0.1, 0.15) is 4.88 Å². The number of fused-ring (bicyclic) bond motifs is 1. The summed E-state index contributed by atoms with van der Waals surface area (Å²) in [4.78, 5) is 5.14. The molecule has 0 bridgehead atoms. The van der Waals surface area contributed by atoms with E-state index >= 15 is 0 Å². The highest BCUT2D eigenvalue weighted by Gasteiger charge is 2.08. The lowest BCUT2D eigenvalue weighted by Gasteiger charge is -1.72. The molecule has 0 saturated heterocycles. The van der Waals surface area contributed by atoms with Gasteiger partial charge in [0.15, 0.2) is 5.82 Å². The van der Waals surface area contributed by atoms with Crippen LogP contribution < -0.4 is 0 Å². The molecule has 1 aliphatic rings. The van der Waals surface area contributed by atoms with Crippen LogP contribution in [0.25, 0.3) is 0 Å². The van der Waals surface area contributed by atoms with Gasteiger partial charge in [-0.3, -0.25) is 0 Å². The fraction of sp³-hybridized carbons (Fsp3) is 0.250. The second kappa shape index (κ2) is 1.35. The number of azo groups is 1. The third kappa shape index (κ3) is 0.403. The molecule has 0 saturated carbocycles. The molecular formula is C4H3N3S. The second-order valence-corrected chi connectivity index (χ2v) is 2.44. The Kier molecular flexibility index (Phi) is 0.700. The van der Waals surface area contributed by atoms with Crippen molar-refractivity contribution < 1.29 is 0 Å². The summed E-state index contributed by atoms with van der Waals surface area (Å²) in [5.74, 6) is 0.815. The van der Waals surface area contributed by atoms with Crippen LogP contribution in [0.5, 0.6) is 0 Å². The number of aromatic nitrogens is 1. The Bertz CT molecular complexity index is 227. The molecule has 1 aromatic heterocycles. The van der Waals surface area contributed by atoms with E-state index in [1.54, 1.807) is 16.8 Å². The zero-order valence-corrected chi connectivity index (χ0v) is 4.85. The first-order valence-electron chi connectivity index (χ1n) is 2.27. The van der Waals surface area contributed by atoms with E-state index in [-0.39, 0.29) is 0 Å². The van der Waals surface area contributed by atoms with E-state index in [1.165, 1.54) is 4.88 Å². The molecule has 4 heteroatoms. The lowest BCUT2D eigenvalue weighted by Crippen LogP contribution is -1.61. The molecule has 1 aromatic rings.